The Bertz CT molecular complexity index is 1300. The fourth-order valence-electron chi connectivity index (χ4n) is 4.11. The SMILES string of the molecule is CCCN(CCC)c1c(C)nc(-c2c(-c3ccccc3)ccc(OC(F)(F)F)c2OCOC(F)(F)F)[nH]c1=O. The van der Waals surface area contributed by atoms with Gasteiger partial charge in [-0.05, 0) is 43.0 Å². The highest BCUT2D eigenvalue weighted by atomic mass is 19.4. The first kappa shape index (κ1) is 29.8. The number of rotatable bonds is 11. The van der Waals surface area contributed by atoms with E-state index >= 15 is 0 Å². The molecule has 0 radical (unpaired) electrons. The van der Waals surface area contributed by atoms with E-state index in [2.05, 4.69) is 19.4 Å². The molecule has 0 aliphatic carbocycles. The quantitative estimate of drug-likeness (QED) is 0.206. The number of ether oxygens (including phenoxy) is 3. The van der Waals surface area contributed by atoms with Gasteiger partial charge in [0.15, 0.2) is 18.3 Å². The Morgan fingerprint density at radius 1 is 0.923 bits per heavy atom. The van der Waals surface area contributed by atoms with Gasteiger partial charge in [0, 0.05) is 13.1 Å². The molecule has 39 heavy (non-hydrogen) atoms. The third-order valence-electron chi connectivity index (χ3n) is 5.47. The number of aromatic amines is 1. The van der Waals surface area contributed by atoms with E-state index in [9.17, 15) is 31.1 Å². The van der Waals surface area contributed by atoms with Gasteiger partial charge in [-0.1, -0.05) is 44.2 Å². The molecule has 0 spiro atoms. The highest BCUT2D eigenvalue weighted by Crippen LogP contribution is 2.45. The fraction of sp³-hybridized carbons (Fsp3) is 0.385. The van der Waals surface area contributed by atoms with Gasteiger partial charge in [0.25, 0.3) is 5.56 Å². The average molecular weight is 560 g/mol. The maximum Gasteiger partial charge on any atom is 0.573 e. The maximum atomic E-state index is 13.3. The van der Waals surface area contributed by atoms with Gasteiger partial charge in [-0.3, -0.25) is 9.53 Å². The monoisotopic (exact) mass is 559 g/mol. The lowest BCUT2D eigenvalue weighted by Crippen LogP contribution is -2.32. The van der Waals surface area contributed by atoms with E-state index in [1.807, 2.05) is 18.7 Å². The minimum absolute atomic E-state index is 0.210. The first-order valence-corrected chi connectivity index (χ1v) is 12.0. The minimum Gasteiger partial charge on any atom is -0.462 e. The number of H-pyrrole nitrogens is 1. The van der Waals surface area contributed by atoms with Crippen LogP contribution in [0.1, 0.15) is 32.4 Å². The lowest BCUT2D eigenvalue weighted by molar-refractivity contribution is -0.341. The van der Waals surface area contributed by atoms with Crippen molar-refractivity contribution in [3.05, 3.63) is 58.5 Å². The molecule has 1 heterocycles. The van der Waals surface area contributed by atoms with Crippen molar-refractivity contribution in [2.45, 2.75) is 46.3 Å². The Morgan fingerprint density at radius 3 is 2.10 bits per heavy atom. The molecule has 1 N–H and O–H groups in total. The first-order chi connectivity index (χ1) is 18.3. The predicted molar refractivity (Wildman–Crippen MR) is 133 cm³/mol. The van der Waals surface area contributed by atoms with Crippen LogP contribution in [-0.4, -0.2) is 42.6 Å². The molecule has 2 aromatic carbocycles. The summed E-state index contributed by atoms with van der Waals surface area (Å²) in [4.78, 5) is 22.2. The molecule has 0 atom stereocenters. The highest BCUT2D eigenvalue weighted by Gasteiger charge is 2.35. The molecule has 0 saturated carbocycles. The number of nitrogens with one attached hydrogen (secondary N) is 1. The Kier molecular flexibility index (Phi) is 9.49. The van der Waals surface area contributed by atoms with Crippen molar-refractivity contribution in [2.24, 2.45) is 0 Å². The molecule has 1 aromatic heterocycles. The summed E-state index contributed by atoms with van der Waals surface area (Å²) in [6.07, 6.45) is -8.83. The summed E-state index contributed by atoms with van der Waals surface area (Å²) in [5, 5.41) is 0. The van der Waals surface area contributed by atoms with Crippen LogP contribution in [0.15, 0.2) is 47.3 Å². The Balaban J connectivity index is 2.30. The van der Waals surface area contributed by atoms with Crippen LogP contribution in [0.5, 0.6) is 11.5 Å². The van der Waals surface area contributed by atoms with E-state index < -0.39 is 36.6 Å². The van der Waals surface area contributed by atoms with Gasteiger partial charge >= 0.3 is 12.7 Å². The second-order valence-electron chi connectivity index (χ2n) is 8.42. The average Bonchev–Trinajstić information content (AvgIpc) is 2.83. The predicted octanol–water partition coefficient (Wildman–Crippen LogP) is 6.81. The molecule has 0 aliphatic heterocycles. The fourth-order valence-corrected chi connectivity index (χ4v) is 4.11. The minimum atomic E-state index is -5.20. The highest BCUT2D eigenvalue weighted by molar-refractivity contribution is 5.87. The van der Waals surface area contributed by atoms with Crippen LogP contribution in [0.2, 0.25) is 0 Å². The van der Waals surface area contributed by atoms with Crippen molar-refractivity contribution in [3.8, 4) is 34.0 Å². The number of hydrogen-bond donors (Lipinski definition) is 1. The molecule has 0 fully saturated rings. The molecule has 13 heteroatoms. The van der Waals surface area contributed by atoms with Crippen LogP contribution in [-0.2, 0) is 4.74 Å². The van der Waals surface area contributed by atoms with Crippen molar-refractivity contribution in [1.29, 1.82) is 0 Å². The van der Waals surface area contributed by atoms with Crippen LogP contribution >= 0.6 is 0 Å². The number of nitrogens with zero attached hydrogens (tertiary/aromatic N) is 2. The molecule has 3 aromatic rings. The zero-order chi connectivity index (χ0) is 28.8. The number of alkyl halides is 6. The third-order valence-corrected chi connectivity index (χ3v) is 5.47. The standard InChI is InChI=1S/C26H27F6N3O4/c1-4-13-35(14-5-2)21-16(3)33-23(34-24(21)36)20-18(17-9-7-6-8-10-17)11-12-19(39-26(30,31)32)22(20)37-15-38-25(27,28)29/h6-12H,4-5,13-15H2,1-3H3,(H,33,34,36). The van der Waals surface area contributed by atoms with Crippen LogP contribution in [0.4, 0.5) is 32.0 Å². The summed E-state index contributed by atoms with van der Waals surface area (Å²) in [6.45, 7) is 5.10. The molecular formula is C26H27F6N3O4. The van der Waals surface area contributed by atoms with Gasteiger partial charge in [-0.25, -0.2) is 4.98 Å². The maximum absolute atomic E-state index is 13.3. The first-order valence-electron chi connectivity index (χ1n) is 12.0. The molecular weight excluding hydrogens is 532 g/mol. The van der Waals surface area contributed by atoms with Gasteiger partial charge in [-0.2, -0.15) is 0 Å². The number of halogens is 6. The van der Waals surface area contributed by atoms with Crippen LogP contribution in [0.3, 0.4) is 0 Å². The summed E-state index contributed by atoms with van der Waals surface area (Å²) in [6, 6.07) is 10.5. The van der Waals surface area contributed by atoms with Crippen molar-refractivity contribution < 1.29 is 40.6 Å². The van der Waals surface area contributed by atoms with E-state index in [0.717, 1.165) is 18.9 Å². The summed E-state index contributed by atoms with van der Waals surface area (Å²) in [5.41, 5.74) is 0.469. The number of aryl methyl sites for hydroxylation is 1. The van der Waals surface area contributed by atoms with E-state index in [0.29, 0.717) is 18.7 Å². The molecule has 0 aliphatic rings. The smallest absolute Gasteiger partial charge is 0.462 e. The van der Waals surface area contributed by atoms with Gasteiger partial charge < -0.3 is 19.4 Å². The van der Waals surface area contributed by atoms with Crippen molar-refractivity contribution in [1.82, 2.24) is 9.97 Å². The normalized spacial score (nSPS) is 11.9. The van der Waals surface area contributed by atoms with Crippen molar-refractivity contribution in [3.63, 3.8) is 0 Å². The van der Waals surface area contributed by atoms with Crippen LogP contribution < -0.4 is 19.9 Å². The van der Waals surface area contributed by atoms with Crippen LogP contribution in [0.25, 0.3) is 22.5 Å². The third kappa shape index (κ3) is 7.88. The number of hydrogen-bond acceptors (Lipinski definition) is 6. The lowest BCUT2D eigenvalue weighted by Gasteiger charge is -2.25. The van der Waals surface area contributed by atoms with Gasteiger partial charge in [0.05, 0.1) is 11.3 Å². The largest absolute Gasteiger partial charge is 0.573 e. The van der Waals surface area contributed by atoms with Gasteiger partial charge in [-0.15, -0.1) is 26.3 Å². The molecule has 212 valence electrons. The second kappa shape index (κ2) is 12.4. The lowest BCUT2D eigenvalue weighted by atomic mass is 9.97. The molecule has 0 amide bonds. The number of anilines is 1. The molecule has 3 rings (SSSR count). The van der Waals surface area contributed by atoms with E-state index in [1.54, 1.807) is 37.3 Å². The number of benzene rings is 2. The summed E-state index contributed by atoms with van der Waals surface area (Å²) < 4.78 is 90.5. The van der Waals surface area contributed by atoms with Gasteiger partial charge in [0.1, 0.15) is 11.5 Å². The zero-order valence-corrected chi connectivity index (χ0v) is 21.4. The Morgan fingerprint density at radius 2 is 1.56 bits per heavy atom. The molecule has 0 unspecified atom stereocenters. The Labute approximate surface area is 220 Å². The molecule has 0 saturated heterocycles. The zero-order valence-electron chi connectivity index (χ0n) is 21.4. The summed E-state index contributed by atoms with van der Waals surface area (Å²) in [5.74, 6) is -1.90. The van der Waals surface area contributed by atoms with Gasteiger partial charge in [0.2, 0.25) is 0 Å². The molecule has 7 nitrogen and oxygen atoms in total. The van der Waals surface area contributed by atoms with Crippen molar-refractivity contribution in [2.75, 3.05) is 24.8 Å². The van der Waals surface area contributed by atoms with E-state index in [1.165, 1.54) is 6.07 Å². The summed E-state index contributed by atoms with van der Waals surface area (Å²) >= 11 is 0. The summed E-state index contributed by atoms with van der Waals surface area (Å²) in [7, 11) is 0. The van der Waals surface area contributed by atoms with E-state index in [-0.39, 0.29) is 28.3 Å². The van der Waals surface area contributed by atoms with E-state index in [4.69, 9.17) is 4.74 Å². The topological polar surface area (TPSA) is 76.7 Å². The second-order valence-corrected chi connectivity index (χ2v) is 8.42. The molecule has 0 bridgehead atoms. The van der Waals surface area contributed by atoms with Crippen LogP contribution in [0, 0.1) is 6.92 Å². The number of aromatic nitrogens is 2. The Hall–Kier alpha value is -3.74. The van der Waals surface area contributed by atoms with Crippen molar-refractivity contribution >= 4 is 5.69 Å².